The summed E-state index contributed by atoms with van der Waals surface area (Å²) in [7, 11) is 0. The van der Waals surface area contributed by atoms with E-state index in [0.29, 0.717) is 13.0 Å². The van der Waals surface area contributed by atoms with Crippen molar-refractivity contribution in [1.82, 2.24) is 10.2 Å². The van der Waals surface area contributed by atoms with Gasteiger partial charge in [0, 0.05) is 28.5 Å². The van der Waals surface area contributed by atoms with Crippen LogP contribution in [0.4, 0.5) is 4.79 Å². The lowest BCUT2D eigenvalue weighted by Gasteiger charge is -2.35. The number of piperidine rings is 1. The molecule has 19 heavy (non-hydrogen) atoms. The van der Waals surface area contributed by atoms with E-state index in [0.717, 1.165) is 35.2 Å². The van der Waals surface area contributed by atoms with Gasteiger partial charge < -0.3 is 15.3 Å². The first-order valence-electron chi connectivity index (χ1n) is 6.59. The molecule has 0 unspecified atom stereocenters. The predicted molar refractivity (Wildman–Crippen MR) is 80.3 cm³/mol. The minimum Gasteiger partial charge on any atom is -0.396 e. The van der Waals surface area contributed by atoms with Crippen molar-refractivity contribution in [1.29, 1.82) is 0 Å². The third kappa shape index (κ3) is 3.94. The van der Waals surface area contributed by atoms with Gasteiger partial charge in [0.2, 0.25) is 0 Å². The summed E-state index contributed by atoms with van der Waals surface area (Å²) in [4.78, 5) is 15.2. The third-order valence-corrected chi connectivity index (χ3v) is 5.37. The topological polar surface area (TPSA) is 52.6 Å². The summed E-state index contributed by atoms with van der Waals surface area (Å²) in [5.41, 5.74) is 0. The lowest BCUT2D eigenvalue weighted by Crippen LogP contribution is -2.48. The zero-order valence-corrected chi connectivity index (χ0v) is 13.2. The van der Waals surface area contributed by atoms with E-state index >= 15 is 0 Å². The van der Waals surface area contributed by atoms with Crippen LogP contribution in [0.2, 0.25) is 0 Å². The van der Waals surface area contributed by atoms with Crippen molar-refractivity contribution >= 4 is 33.3 Å². The number of amides is 2. The van der Waals surface area contributed by atoms with Crippen LogP contribution in [-0.4, -0.2) is 35.2 Å². The minimum absolute atomic E-state index is 0.0153. The van der Waals surface area contributed by atoms with Crippen molar-refractivity contribution in [2.24, 2.45) is 0 Å². The van der Waals surface area contributed by atoms with E-state index in [4.69, 9.17) is 5.11 Å². The summed E-state index contributed by atoms with van der Waals surface area (Å²) in [6.45, 7) is 1.49. The van der Waals surface area contributed by atoms with Crippen LogP contribution in [0.5, 0.6) is 0 Å². The number of thiophene rings is 1. The first-order valence-corrected chi connectivity index (χ1v) is 8.27. The molecule has 0 spiro atoms. The van der Waals surface area contributed by atoms with E-state index in [9.17, 15) is 4.79 Å². The SMILES string of the molecule is O=C(NCc1sccc1Br)N1CCCC[C@H]1CCO. The Kier molecular flexibility index (Phi) is 5.66. The number of rotatable bonds is 4. The van der Waals surface area contributed by atoms with Gasteiger partial charge in [0.25, 0.3) is 0 Å². The molecule has 1 atom stereocenters. The molecule has 1 fully saturated rings. The molecule has 2 rings (SSSR count). The Balaban J connectivity index is 1.89. The van der Waals surface area contributed by atoms with E-state index in [2.05, 4.69) is 21.2 Å². The van der Waals surface area contributed by atoms with Gasteiger partial charge in [-0.05, 0) is 53.1 Å². The van der Waals surface area contributed by atoms with E-state index in [-0.39, 0.29) is 18.7 Å². The van der Waals surface area contributed by atoms with Gasteiger partial charge in [0.15, 0.2) is 0 Å². The number of halogens is 1. The third-order valence-electron chi connectivity index (χ3n) is 3.44. The molecule has 0 radical (unpaired) electrons. The maximum Gasteiger partial charge on any atom is 0.317 e. The molecular weight excluding hydrogens is 328 g/mol. The highest BCUT2D eigenvalue weighted by molar-refractivity contribution is 9.10. The maximum atomic E-state index is 12.2. The Morgan fingerprint density at radius 1 is 1.58 bits per heavy atom. The average Bonchev–Trinajstić information content (AvgIpc) is 2.82. The molecule has 0 aromatic carbocycles. The summed E-state index contributed by atoms with van der Waals surface area (Å²) in [5.74, 6) is 0. The number of hydrogen-bond acceptors (Lipinski definition) is 3. The van der Waals surface area contributed by atoms with Crippen LogP contribution in [0.25, 0.3) is 0 Å². The van der Waals surface area contributed by atoms with Gasteiger partial charge >= 0.3 is 6.03 Å². The summed E-state index contributed by atoms with van der Waals surface area (Å²) >= 11 is 5.09. The molecular formula is C13H19BrN2O2S. The van der Waals surface area contributed by atoms with Gasteiger partial charge in [-0.2, -0.15) is 0 Å². The molecule has 106 valence electrons. The van der Waals surface area contributed by atoms with Crippen LogP contribution in [0.1, 0.15) is 30.6 Å². The fourth-order valence-electron chi connectivity index (χ4n) is 2.43. The fourth-order valence-corrected chi connectivity index (χ4v) is 3.86. The number of nitrogens with zero attached hydrogens (tertiary/aromatic N) is 1. The number of nitrogens with one attached hydrogen (secondary N) is 1. The van der Waals surface area contributed by atoms with Crippen LogP contribution in [-0.2, 0) is 6.54 Å². The molecule has 6 heteroatoms. The largest absolute Gasteiger partial charge is 0.396 e. The normalized spacial score (nSPS) is 19.5. The van der Waals surface area contributed by atoms with Crippen molar-refractivity contribution < 1.29 is 9.90 Å². The van der Waals surface area contributed by atoms with Crippen LogP contribution < -0.4 is 5.32 Å². The lowest BCUT2D eigenvalue weighted by atomic mass is 10.0. The molecule has 1 aromatic rings. The van der Waals surface area contributed by atoms with E-state index in [1.807, 2.05) is 16.3 Å². The summed E-state index contributed by atoms with van der Waals surface area (Å²) in [6.07, 6.45) is 3.87. The Morgan fingerprint density at radius 3 is 3.11 bits per heavy atom. The van der Waals surface area contributed by atoms with Crippen molar-refractivity contribution in [3.63, 3.8) is 0 Å². The summed E-state index contributed by atoms with van der Waals surface area (Å²) in [5, 5.41) is 14.0. The summed E-state index contributed by atoms with van der Waals surface area (Å²) < 4.78 is 1.04. The Labute approximate surface area is 125 Å². The van der Waals surface area contributed by atoms with Crippen molar-refractivity contribution in [2.75, 3.05) is 13.2 Å². The smallest absolute Gasteiger partial charge is 0.317 e. The monoisotopic (exact) mass is 346 g/mol. The Bertz CT molecular complexity index is 423. The predicted octanol–water partition coefficient (Wildman–Crippen LogP) is 2.96. The fraction of sp³-hybridized carbons (Fsp3) is 0.615. The molecule has 0 bridgehead atoms. The van der Waals surface area contributed by atoms with Gasteiger partial charge in [-0.3, -0.25) is 0 Å². The molecule has 1 aliphatic rings. The van der Waals surface area contributed by atoms with Gasteiger partial charge in [-0.1, -0.05) is 0 Å². The number of aliphatic hydroxyl groups excluding tert-OH is 1. The van der Waals surface area contributed by atoms with E-state index in [1.165, 1.54) is 0 Å². The first-order chi connectivity index (χ1) is 9.22. The zero-order chi connectivity index (χ0) is 13.7. The van der Waals surface area contributed by atoms with Crippen LogP contribution in [0, 0.1) is 0 Å². The molecule has 2 amide bonds. The van der Waals surface area contributed by atoms with Crippen molar-refractivity contribution in [3.05, 3.63) is 20.8 Å². The molecule has 4 nitrogen and oxygen atoms in total. The van der Waals surface area contributed by atoms with Crippen LogP contribution in [0.15, 0.2) is 15.9 Å². The zero-order valence-electron chi connectivity index (χ0n) is 10.8. The first kappa shape index (κ1) is 14.8. The number of likely N-dealkylation sites (tertiary alicyclic amines) is 1. The molecule has 2 N–H and O–H groups in total. The van der Waals surface area contributed by atoms with E-state index in [1.54, 1.807) is 11.3 Å². The minimum atomic E-state index is -0.0153. The standard InChI is InChI=1S/C13H19BrN2O2S/c14-11-5-8-19-12(11)9-15-13(18)16-6-2-1-3-10(16)4-7-17/h5,8,10,17H,1-4,6-7,9H2,(H,15,18)/t10-/m0/s1. The van der Waals surface area contributed by atoms with Gasteiger partial charge in [0.1, 0.15) is 0 Å². The molecule has 2 heterocycles. The van der Waals surface area contributed by atoms with Gasteiger partial charge in [-0.25, -0.2) is 4.79 Å². The lowest BCUT2D eigenvalue weighted by molar-refractivity contribution is 0.131. The highest BCUT2D eigenvalue weighted by Crippen LogP contribution is 2.23. The van der Waals surface area contributed by atoms with E-state index < -0.39 is 0 Å². The van der Waals surface area contributed by atoms with Crippen LogP contribution in [0.3, 0.4) is 0 Å². The highest BCUT2D eigenvalue weighted by atomic mass is 79.9. The van der Waals surface area contributed by atoms with Crippen molar-refractivity contribution in [3.8, 4) is 0 Å². The van der Waals surface area contributed by atoms with Gasteiger partial charge in [-0.15, -0.1) is 11.3 Å². The second-order valence-corrected chi connectivity index (χ2v) is 6.56. The maximum absolute atomic E-state index is 12.2. The molecule has 1 aromatic heterocycles. The van der Waals surface area contributed by atoms with Crippen molar-refractivity contribution in [2.45, 2.75) is 38.3 Å². The molecule has 1 aliphatic heterocycles. The number of aliphatic hydroxyl groups is 1. The Morgan fingerprint density at radius 2 is 2.42 bits per heavy atom. The average molecular weight is 347 g/mol. The van der Waals surface area contributed by atoms with Gasteiger partial charge in [0.05, 0.1) is 6.54 Å². The second kappa shape index (κ2) is 7.26. The molecule has 0 aliphatic carbocycles. The quantitative estimate of drug-likeness (QED) is 0.880. The second-order valence-electron chi connectivity index (χ2n) is 4.71. The van der Waals surface area contributed by atoms with Crippen LogP contribution >= 0.6 is 27.3 Å². The molecule has 0 saturated carbocycles. The summed E-state index contributed by atoms with van der Waals surface area (Å²) in [6, 6.07) is 2.16. The number of carbonyl (C=O) groups is 1. The molecule has 1 saturated heterocycles. The Hall–Kier alpha value is -0.590. The highest BCUT2D eigenvalue weighted by Gasteiger charge is 2.26. The number of urea groups is 1. The number of hydrogen-bond donors (Lipinski definition) is 2. The number of carbonyl (C=O) groups excluding carboxylic acids is 1.